The molecule has 160 valence electrons. The van der Waals surface area contributed by atoms with Gasteiger partial charge in [0.1, 0.15) is 5.82 Å². The van der Waals surface area contributed by atoms with E-state index in [4.69, 9.17) is 0 Å². The van der Waals surface area contributed by atoms with Crippen molar-refractivity contribution in [2.75, 3.05) is 0 Å². The number of fused-ring (bicyclic) bond motifs is 2. The van der Waals surface area contributed by atoms with E-state index in [0.717, 1.165) is 56.4 Å². The molecule has 0 saturated heterocycles. The largest absolute Gasteiger partial charge is 0.352 e. The molecule has 1 aromatic carbocycles. The average Bonchev–Trinajstić information content (AvgIpc) is 3.47. The lowest BCUT2D eigenvalue weighted by atomic mass is 10.0. The molecule has 33 heavy (non-hydrogen) atoms. The van der Waals surface area contributed by atoms with Crippen molar-refractivity contribution < 1.29 is 4.39 Å². The van der Waals surface area contributed by atoms with Crippen LogP contribution >= 0.6 is 0 Å². The number of aromatic nitrogens is 6. The number of H-pyrrole nitrogens is 2. The van der Waals surface area contributed by atoms with Gasteiger partial charge in [0.05, 0.1) is 23.1 Å². The fourth-order valence-corrected chi connectivity index (χ4v) is 4.17. The van der Waals surface area contributed by atoms with Crippen LogP contribution in [-0.2, 0) is 6.42 Å². The molecular formula is C26H19FN6. The summed E-state index contributed by atoms with van der Waals surface area (Å²) in [5.74, 6) is -0.278. The molecule has 0 unspecified atom stereocenters. The fraction of sp³-hybridized carbons (Fsp3) is 0.0769. The van der Waals surface area contributed by atoms with E-state index < -0.39 is 0 Å². The lowest BCUT2D eigenvalue weighted by Gasteiger charge is -2.03. The first-order valence-corrected chi connectivity index (χ1v) is 10.7. The Kier molecular flexibility index (Phi) is 4.47. The van der Waals surface area contributed by atoms with Crippen LogP contribution in [0, 0.1) is 5.82 Å². The Labute approximate surface area is 188 Å². The lowest BCUT2D eigenvalue weighted by Crippen LogP contribution is -1.87. The number of hydrogen-bond acceptors (Lipinski definition) is 4. The van der Waals surface area contributed by atoms with Crippen LogP contribution in [0.5, 0.6) is 0 Å². The summed E-state index contributed by atoms with van der Waals surface area (Å²) in [4.78, 5) is 16.7. The second-order valence-corrected chi connectivity index (χ2v) is 7.97. The van der Waals surface area contributed by atoms with E-state index in [-0.39, 0.29) is 5.82 Å². The Morgan fingerprint density at radius 2 is 1.73 bits per heavy atom. The molecule has 0 spiro atoms. The topological polar surface area (TPSA) is 83.1 Å². The molecule has 5 heterocycles. The van der Waals surface area contributed by atoms with Crippen molar-refractivity contribution in [1.82, 2.24) is 30.1 Å². The Bertz CT molecular complexity index is 1630. The van der Waals surface area contributed by atoms with Crippen LogP contribution < -0.4 is 0 Å². The van der Waals surface area contributed by atoms with Gasteiger partial charge in [0, 0.05) is 52.3 Å². The van der Waals surface area contributed by atoms with Crippen LogP contribution in [-0.4, -0.2) is 30.1 Å². The standard InChI is InChI=1S/C26H19FN6/c1-2-15-6-17(11-28-10-15)18-8-21-25(32-33-26(21)30-12-18)23-9-20-22(13-29-14-24(20)31-23)16-4-3-5-19(27)7-16/h3-14,31H,2H2,1H3,(H,30,32,33). The number of pyridine rings is 3. The number of hydrogen-bond donors (Lipinski definition) is 2. The average molecular weight is 434 g/mol. The number of nitrogens with one attached hydrogen (secondary N) is 2. The SMILES string of the molecule is CCc1cncc(-c2cnc3n[nH]c(-c4cc5c(-c6cccc(F)c6)cncc5[nH]4)c3c2)c1. The van der Waals surface area contributed by atoms with E-state index in [9.17, 15) is 4.39 Å². The van der Waals surface area contributed by atoms with Gasteiger partial charge >= 0.3 is 0 Å². The maximum atomic E-state index is 13.8. The van der Waals surface area contributed by atoms with Crippen LogP contribution in [0.1, 0.15) is 12.5 Å². The highest BCUT2D eigenvalue weighted by Gasteiger charge is 2.15. The van der Waals surface area contributed by atoms with E-state index in [0.29, 0.717) is 5.65 Å². The monoisotopic (exact) mass is 434 g/mol. The first-order chi connectivity index (χ1) is 16.2. The van der Waals surface area contributed by atoms with Gasteiger partial charge in [0.15, 0.2) is 5.65 Å². The van der Waals surface area contributed by atoms with E-state index in [1.165, 1.54) is 17.7 Å². The summed E-state index contributed by atoms with van der Waals surface area (Å²) < 4.78 is 13.8. The third-order valence-corrected chi connectivity index (χ3v) is 5.90. The highest BCUT2D eigenvalue weighted by Crippen LogP contribution is 2.34. The van der Waals surface area contributed by atoms with Crippen LogP contribution in [0.4, 0.5) is 4.39 Å². The second-order valence-electron chi connectivity index (χ2n) is 7.97. The van der Waals surface area contributed by atoms with Crippen molar-refractivity contribution in [2.45, 2.75) is 13.3 Å². The first-order valence-electron chi connectivity index (χ1n) is 10.7. The summed E-state index contributed by atoms with van der Waals surface area (Å²) in [5, 5.41) is 9.37. The van der Waals surface area contributed by atoms with Crippen LogP contribution in [0.3, 0.4) is 0 Å². The predicted molar refractivity (Wildman–Crippen MR) is 127 cm³/mol. The van der Waals surface area contributed by atoms with Gasteiger partial charge in [-0.05, 0) is 47.9 Å². The molecule has 0 aliphatic heterocycles. The molecule has 5 aromatic heterocycles. The number of aryl methyl sites for hydroxylation is 1. The van der Waals surface area contributed by atoms with Crippen molar-refractivity contribution in [1.29, 1.82) is 0 Å². The fourth-order valence-electron chi connectivity index (χ4n) is 4.17. The predicted octanol–water partition coefficient (Wildman–Crippen LogP) is 5.93. The molecule has 0 bridgehead atoms. The molecule has 0 atom stereocenters. The number of aromatic amines is 2. The molecule has 0 aliphatic rings. The molecule has 2 N–H and O–H groups in total. The minimum atomic E-state index is -0.278. The zero-order chi connectivity index (χ0) is 22.4. The van der Waals surface area contributed by atoms with Gasteiger partial charge in [-0.2, -0.15) is 5.10 Å². The van der Waals surface area contributed by atoms with Crippen molar-refractivity contribution in [2.24, 2.45) is 0 Å². The summed E-state index contributed by atoms with van der Waals surface area (Å²) in [7, 11) is 0. The molecule has 0 aliphatic carbocycles. The molecule has 6 nitrogen and oxygen atoms in total. The lowest BCUT2D eigenvalue weighted by molar-refractivity contribution is 0.628. The minimum absolute atomic E-state index is 0.278. The quantitative estimate of drug-likeness (QED) is 0.360. The first kappa shape index (κ1) is 19.3. The van der Waals surface area contributed by atoms with Crippen LogP contribution in [0.2, 0.25) is 0 Å². The van der Waals surface area contributed by atoms with Gasteiger partial charge in [-0.25, -0.2) is 9.37 Å². The third-order valence-electron chi connectivity index (χ3n) is 5.90. The molecular weight excluding hydrogens is 415 g/mol. The highest BCUT2D eigenvalue weighted by molar-refractivity contribution is 6.00. The highest BCUT2D eigenvalue weighted by atomic mass is 19.1. The van der Waals surface area contributed by atoms with Crippen molar-refractivity contribution in [3.63, 3.8) is 0 Å². The molecule has 0 saturated carbocycles. The maximum absolute atomic E-state index is 13.8. The molecule has 0 fully saturated rings. The summed E-state index contributed by atoms with van der Waals surface area (Å²) in [5.41, 5.74) is 8.00. The van der Waals surface area contributed by atoms with Crippen molar-refractivity contribution >= 4 is 21.9 Å². The van der Waals surface area contributed by atoms with E-state index in [1.807, 2.05) is 30.7 Å². The van der Waals surface area contributed by atoms with Gasteiger partial charge in [0.2, 0.25) is 0 Å². The zero-order valence-corrected chi connectivity index (χ0v) is 17.8. The summed E-state index contributed by atoms with van der Waals surface area (Å²) in [6.07, 6.45) is 10.00. The van der Waals surface area contributed by atoms with Gasteiger partial charge in [-0.3, -0.25) is 15.1 Å². The summed E-state index contributed by atoms with van der Waals surface area (Å²) >= 11 is 0. The van der Waals surface area contributed by atoms with Crippen LogP contribution in [0.15, 0.2) is 73.4 Å². The number of benzene rings is 1. The van der Waals surface area contributed by atoms with Gasteiger partial charge < -0.3 is 4.98 Å². The molecule has 0 amide bonds. The number of nitrogens with zero attached hydrogens (tertiary/aromatic N) is 4. The molecule has 0 radical (unpaired) electrons. The maximum Gasteiger partial charge on any atom is 0.181 e. The molecule has 6 rings (SSSR count). The molecule has 6 aromatic rings. The summed E-state index contributed by atoms with van der Waals surface area (Å²) in [6, 6.07) is 12.8. The van der Waals surface area contributed by atoms with E-state index >= 15 is 0 Å². The smallest absolute Gasteiger partial charge is 0.181 e. The van der Waals surface area contributed by atoms with Gasteiger partial charge in [0.25, 0.3) is 0 Å². The van der Waals surface area contributed by atoms with Crippen molar-refractivity contribution in [3.05, 3.63) is 84.8 Å². The number of halogens is 1. The van der Waals surface area contributed by atoms with Gasteiger partial charge in [-0.1, -0.05) is 19.1 Å². The third kappa shape index (κ3) is 3.34. The van der Waals surface area contributed by atoms with E-state index in [1.54, 1.807) is 18.5 Å². The Morgan fingerprint density at radius 3 is 2.61 bits per heavy atom. The molecule has 7 heteroatoms. The normalized spacial score (nSPS) is 11.5. The zero-order valence-electron chi connectivity index (χ0n) is 17.8. The number of rotatable bonds is 4. The van der Waals surface area contributed by atoms with Crippen LogP contribution in [0.25, 0.3) is 55.6 Å². The minimum Gasteiger partial charge on any atom is -0.352 e. The Hall–Kier alpha value is -4.39. The van der Waals surface area contributed by atoms with E-state index in [2.05, 4.69) is 49.2 Å². The second kappa shape index (κ2) is 7.63. The summed E-state index contributed by atoms with van der Waals surface area (Å²) in [6.45, 7) is 2.11. The Balaban J connectivity index is 1.49. The Morgan fingerprint density at radius 1 is 0.848 bits per heavy atom. The van der Waals surface area contributed by atoms with Crippen molar-refractivity contribution in [3.8, 4) is 33.6 Å². The van der Waals surface area contributed by atoms with Gasteiger partial charge in [-0.15, -0.1) is 0 Å².